The molecule has 1 N–H and O–H groups in total. The van der Waals surface area contributed by atoms with Crippen LogP contribution in [0.25, 0.3) is 0 Å². The Kier molecular flexibility index (Phi) is 6.62. The van der Waals surface area contributed by atoms with Gasteiger partial charge in [0.15, 0.2) is 5.78 Å². The molecule has 31 heavy (non-hydrogen) atoms. The third-order valence-electron chi connectivity index (χ3n) is 5.88. The first-order valence-corrected chi connectivity index (χ1v) is 10.8. The molecule has 1 aliphatic carbocycles. The molecular formula is C24H30N2O5. The van der Waals surface area contributed by atoms with E-state index in [0.717, 1.165) is 25.0 Å². The van der Waals surface area contributed by atoms with E-state index in [0.29, 0.717) is 41.9 Å². The topological polar surface area (TPSA) is 98.5 Å². The van der Waals surface area contributed by atoms with Crippen molar-refractivity contribution in [3.05, 3.63) is 62.5 Å². The van der Waals surface area contributed by atoms with Gasteiger partial charge >= 0.3 is 5.97 Å². The minimum Gasteiger partial charge on any atom is -0.462 e. The van der Waals surface area contributed by atoms with E-state index in [1.54, 1.807) is 12.1 Å². The molecule has 0 fully saturated rings. The Morgan fingerprint density at radius 1 is 1.23 bits per heavy atom. The number of nitro groups is 1. The fraction of sp³-hybridized carbons (Fsp3) is 0.500. The Balaban J connectivity index is 2.03. The van der Waals surface area contributed by atoms with Gasteiger partial charge in [-0.2, -0.15) is 0 Å². The van der Waals surface area contributed by atoms with E-state index in [1.807, 2.05) is 20.8 Å². The number of benzene rings is 1. The lowest BCUT2D eigenvalue weighted by Gasteiger charge is -2.39. The van der Waals surface area contributed by atoms with E-state index < -0.39 is 16.8 Å². The molecule has 2 aliphatic rings. The number of non-ortho nitro benzene ring substituents is 1. The number of nitro benzene ring substituents is 1. The van der Waals surface area contributed by atoms with E-state index >= 15 is 0 Å². The zero-order valence-corrected chi connectivity index (χ0v) is 18.6. The Morgan fingerprint density at radius 2 is 1.90 bits per heavy atom. The standard InChI is InChI=1S/C24H30N2O5/c1-5-6-7-12-31-23(28)20-15(2)25-18-13-24(3,4)14-19(27)22(18)21(20)16-8-10-17(11-9-16)26(29)30/h8-11,21,25H,5-7,12-14H2,1-4H3/t21-/m1/s1. The van der Waals surface area contributed by atoms with Crippen molar-refractivity contribution in [2.45, 2.75) is 65.7 Å². The summed E-state index contributed by atoms with van der Waals surface area (Å²) in [6.45, 7) is 8.32. The maximum Gasteiger partial charge on any atom is 0.336 e. The quantitative estimate of drug-likeness (QED) is 0.287. The summed E-state index contributed by atoms with van der Waals surface area (Å²) in [7, 11) is 0. The Labute approximate surface area is 182 Å². The molecule has 0 amide bonds. The van der Waals surface area contributed by atoms with Gasteiger partial charge in [-0.15, -0.1) is 0 Å². The molecule has 0 aromatic heterocycles. The minimum atomic E-state index is -0.598. The van der Waals surface area contributed by atoms with Gasteiger partial charge in [-0.1, -0.05) is 45.7 Å². The molecular weight excluding hydrogens is 396 g/mol. The number of hydrogen-bond acceptors (Lipinski definition) is 6. The highest BCUT2D eigenvalue weighted by atomic mass is 16.6. The smallest absolute Gasteiger partial charge is 0.336 e. The zero-order valence-electron chi connectivity index (χ0n) is 18.6. The molecule has 0 saturated heterocycles. The number of nitrogens with one attached hydrogen (secondary N) is 1. The summed E-state index contributed by atoms with van der Waals surface area (Å²) < 4.78 is 5.54. The SMILES string of the molecule is CCCCCOC(=O)C1=C(C)NC2=C(C(=O)CC(C)(C)C2)[C@@H]1c1ccc([N+](=O)[O-])cc1. The Hall–Kier alpha value is -2.96. The molecule has 0 spiro atoms. The van der Waals surface area contributed by atoms with E-state index in [4.69, 9.17) is 4.74 Å². The van der Waals surface area contributed by atoms with Crippen molar-refractivity contribution < 1.29 is 19.2 Å². The van der Waals surface area contributed by atoms with Gasteiger partial charge in [-0.25, -0.2) is 4.79 Å². The fourth-order valence-electron chi connectivity index (χ4n) is 4.42. The monoisotopic (exact) mass is 426 g/mol. The molecule has 1 aromatic rings. The summed E-state index contributed by atoms with van der Waals surface area (Å²) in [4.78, 5) is 36.9. The van der Waals surface area contributed by atoms with Crippen LogP contribution in [0.5, 0.6) is 0 Å². The van der Waals surface area contributed by atoms with Gasteiger partial charge < -0.3 is 10.1 Å². The molecule has 1 atom stereocenters. The molecule has 166 valence electrons. The largest absolute Gasteiger partial charge is 0.462 e. The number of ether oxygens (including phenoxy) is 1. The molecule has 0 saturated carbocycles. The maximum atomic E-state index is 13.2. The number of hydrogen-bond donors (Lipinski definition) is 1. The number of esters is 1. The molecule has 1 aromatic carbocycles. The van der Waals surface area contributed by atoms with Crippen molar-refractivity contribution in [3.63, 3.8) is 0 Å². The summed E-state index contributed by atoms with van der Waals surface area (Å²) in [6, 6.07) is 6.08. The Morgan fingerprint density at radius 3 is 2.52 bits per heavy atom. The number of nitrogens with zero attached hydrogens (tertiary/aromatic N) is 1. The maximum absolute atomic E-state index is 13.2. The van der Waals surface area contributed by atoms with Crippen LogP contribution >= 0.6 is 0 Å². The molecule has 7 nitrogen and oxygen atoms in total. The van der Waals surface area contributed by atoms with Gasteiger partial charge in [0.2, 0.25) is 0 Å². The lowest BCUT2D eigenvalue weighted by Crippen LogP contribution is -2.38. The molecule has 0 radical (unpaired) electrons. The third kappa shape index (κ3) is 4.86. The lowest BCUT2D eigenvalue weighted by atomic mass is 9.68. The van der Waals surface area contributed by atoms with Crippen LogP contribution in [0.3, 0.4) is 0 Å². The van der Waals surface area contributed by atoms with Crippen LogP contribution in [-0.2, 0) is 14.3 Å². The highest BCUT2D eigenvalue weighted by Crippen LogP contribution is 2.46. The summed E-state index contributed by atoms with van der Waals surface area (Å²) in [6.07, 6.45) is 3.85. The normalized spacial score (nSPS) is 20.3. The minimum absolute atomic E-state index is 0.00844. The van der Waals surface area contributed by atoms with Crippen LogP contribution in [0.4, 0.5) is 5.69 Å². The molecule has 0 bridgehead atoms. The molecule has 0 unspecified atom stereocenters. The highest BCUT2D eigenvalue weighted by molar-refractivity contribution is 6.04. The van der Waals surface area contributed by atoms with Gasteiger partial charge in [0.1, 0.15) is 0 Å². The second-order valence-electron chi connectivity index (χ2n) is 9.12. The summed E-state index contributed by atoms with van der Waals surface area (Å²) in [5, 5.41) is 14.4. The molecule has 3 rings (SSSR count). The van der Waals surface area contributed by atoms with Crippen LogP contribution < -0.4 is 5.32 Å². The number of unbranched alkanes of at least 4 members (excludes halogenated alkanes) is 2. The Bertz CT molecular complexity index is 957. The molecule has 1 heterocycles. The zero-order chi connectivity index (χ0) is 22.8. The van der Waals surface area contributed by atoms with E-state index in [1.165, 1.54) is 12.1 Å². The highest BCUT2D eigenvalue weighted by Gasteiger charge is 2.43. The van der Waals surface area contributed by atoms with Gasteiger partial charge in [-0.3, -0.25) is 14.9 Å². The van der Waals surface area contributed by atoms with Crippen molar-refractivity contribution in [3.8, 4) is 0 Å². The van der Waals surface area contributed by atoms with Gasteiger partial charge in [0.05, 0.1) is 17.1 Å². The predicted molar refractivity (Wildman–Crippen MR) is 117 cm³/mol. The number of carbonyl (C=O) groups excluding carboxylic acids is 2. The van der Waals surface area contributed by atoms with Crippen LogP contribution in [0.2, 0.25) is 0 Å². The van der Waals surface area contributed by atoms with E-state index in [9.17, 15) is 19.7 Å². The number of Topliss-reactive ketones (excluding diaryl/α,β-unsaturated/α-hetero) is 1. The van der Waals surface area contributed by atoms with Crippen LogP contribution in [0, 0.1) is 15.5 Å². The first kappa shape index (κ1) is 22.7. The van der Waals surface area contributed by atoms with Gasteiger partial charge in [-0.05, 0) is 30.7 Å². The second kappa shape index (κ2) is 9.04. The van der Waals surface area contributed by atoms with Crippen molar-refractivity contribution in [2.75, 3.05) is 6.61 Å². The van der Waals surface area contributed by atoms with Crippen LogP contribution in [-0.4, -0.2) is 23.3 Å². The van der Waals surface area contributed by atoms with E-state index in [-0.39, 0.29) is 16.9 Å². The van der Waals surface area contributed by atoms with Crippen molar-refractivity contribution in [1.29, 1.82) is 0 Å². The summed E-state index contributed by atoms with van der Waals surface area (Å²) in [5.74, 6) is -1.06. The number of dihydropyridines is 1. The lowest BCUT2D eigenvalue weighted by molar-refractivity contribution is -0.384. The third-order valence-corrected chi connectivity index (χ3v) is 5.88. The van der Waals surface area contributed by atoms with Crippen LogP contribution in [0.15, 0.2) is 46.8 Å². The summed E-state index contributed by atoms with van der Waals surface area (Å²) in [5.41, 5.74) is 2.91. The number of carbonyl (C=O) groups is 2. The summed E-state index contributed by atoms with van der Waals surface area (Å²) >= 11 is 0. The van der Waals surface area contributed by atoms with Crippen LogP contribution in [0.1, 0.15) is 71.3 Å². The number of ketones is 1. The molecule has 1 aliphatic heterocycles. The van der Waals surface area contributed by atoms with Crippen molar-refractivity contribution in [2.24, 2.45) is 5.41 Å². The second-order valence-corrected chi connectivity index (χ2v) is 9.12. The number of rotatable bonds is 7. The van der Waals surface area contributed by atoms with Gasteiger partial charge in [0.25, 0.3) is 5.69 Å². The number of allylic oxidation sites excluding steroid dienone is 3. The first-order valence-electron chi connectivity index (χ1n) is 10.8. The first-order chi connectivity index (χ1) is 14.6. The van der Waals surface area contributed by atoms with E-state index in [2.05, 4.69) is 12.2 Å². The fourth-order valence-corrected chi connectivity index (χ4v) is 4.42. The predicted octanol–water partition coefficient (Wildman–Crippen LogP) is 4.93. The molecule has 7 heteroatoms. The van der Waals surface area contributed by atoms with Crippen molar-refractivity contribution >= 4 is 17.4 Å². The van der Waals surface area contributed by atoms with Gasteiger partial charge in [0, 0.05) is 41.4 Å². The average molecular weight is 427 g/mol. The van der Waals surface area contributed by atoms with Crippen molar-refractivity contribution in [1.82, 2.24) is 5.32 Å². The average Bonchev–Trinajstić information content (AvgIpc) is 2.69.